The third-order valence-electron chi connectivity index (χ3n) is 11.8. The molecule has 60 heavy (non-hydrogen) atoms. The van der Waals surface area contributed by atoms with Gasteiger partial charge in [-0.25, -0.2) is 0 Å². The van der Waals surface area contributed by atoms with Gasteiger partial charge in [-0.15, -0.1) is 0 Å². The highest BCUT2D eigenvalue weighted by Gasteiger charge is 2.21. The third-order valence-corrected chi connectivity index (χ3v) is 11.8. The van der Waals surface area contributed by atoms with Crippen LogP contribution in [0, 0.1) is 0 Å². The first-order valence-electron chi connectivity index (χ1n) is 20.6. The van der Waals surface area contributed by atoms with E-state index in [1.54, 1.807) is 0 Å². The Bertz CT molecular complexity index is 3250. The van der Waals surface area contributed by atoms with Crippen molar-refractivity contribution in [2.75, 3.05) is 4.90 Å². The van der Waals surface area contributed by atoms with E-state index >= 15 is 0 Å². The molecule has 0 fully saturated rings. The van der Waals surface area contributed by atoms with Gasteiger partial charge in [-0.1, -0.05) is 188 Å². The van der Waals surface area contributed by atoms with Crippen molar-refractivity contribution in [2.24, 2.45) is 0 Å². The van der Waals surface area contributed by atoms with Gasteiger partial charge < -0.3 is 9.47 Å². The minimum absolute atomic E-state index is 1.08. The van der Waals surface area contributed by atoms with Gasteiger partial charge in [0.25, 0.3) is 0 Å². The van der Waals surface area contributed by atoms with Crippen molar-refractivity contribution in [3.05, 3.63) is 243 Å². The molecule has 0 unspecified atom stereocenters. The van der Waals surface area contributed by atoms with Crippen molar-refractivity contribution < 1.29 is 0 Å². The van der Waals surface area contributed by atoms with Gasteiger partial charge in [-0.05, 0) is 98.8 Å². The van der Waals surface area contributed by atoms with Crippen LogP contribution in [-0.2, 0) is 0 Å². The zero-order valence-electron chi connectivity index (χ0n) is 33.0. The molecule has 11 rings (SSSR count). The molecule has 0 aliphatic heterocycles. The van der Waals surface area contributed by atoms with Crippen LogP contribution >= 0.6 is 0 Å². The molecule has 2 heteroatoms. The lowest BCUT2D eigenvalue weighted by Gasteiger charge is -2.29. The largest absolute Gasteiger partial charge is 0.310 e. The van der Waals surface area contributed by atoms with Crippen LogP contribution in [0.15, 0.2) is 243 Å². The molecule has 1 aromatic heterocycles. The maximum absolute atomic E-state index is 2.43. The van der Waals surface area contributed by atoms with Gasteiger partial charge in [-0.3, -0.25) is 0 Å². The molecule has 10 aromatic carbocycles. The topological polar surface area (TPSA) is 8.17 Å². The Morgan fingerprint density at radius 1 is 0.283 bits per heavy atom. The van der Waals surface area contributed by atoms with Gasteiger partial charge >= 0.3 is 0 Å². The molecule has 0 aliphatic carbocycles. The van der Waals surface area contributed by atoms with Crippen LogP contribution in [0.25, 0.3) is 82.8 Å². The van der Waals surface area contributed by atoms with E-state index in [1.165, 1.54) is 60.4 Å². The van der Waals surface area contributed by atoms with Gasteiger partial charge in [0, 0.05) is 33.3 Å². The van der Waals surface area contributed by atoms with E-state index < -0.39 is 0 Å². The summed E-state index contributed by atoms with van der Waals surface area (Å²) >= 11 is 0. The van der Waals surface area contributed by atoms with Crippen LogP contribution in [0.1, 0.15) is 0 Å². The molecule has 1 heterocycles. The van der Waals surface area contributed by atoms with Crippen LogP contribution in [0.3, 0.4) is 0 Å². The Morgan fingerprint density at radius 2 is 0.833 bits per heavy atom. The van der Waals surface area contributed by atoms with Crippen molar-refractivity contribution in [3.63, 3.8) is 0 Å². The van der Waals surface area contributed by atoms with Crippen molar-refractivity contribution in [3.8, 4) is 50.2 Å². The number of para-hydroxylation sites is 5. The number of fused-ring (bicyclic) bond motifs is 4. The molecular weight excluding hydrogens is 725 g/mol. The lowest BCUT2D eigenvalue weighted by Crippen LogP contribution is -2.11. The maximum atomic E-state index is 2.43. The fourth-order valence-electron chi connectivity index (χ4n) is 8.97. The molecule has 0 aliphatic rings. The number of nitrogens with zero attached hydrogens (tertiary/aromatic N) is 2. The first kappa shape index (κ1) is 35.2. The molecule has 0 radical (unpaired) electrons. The molecule has 0 amide bonds. The minimum atomic E-state index is 1.08. The number of aromatic nitrogens is 1. The summed E-state index contributed by atoms with van der Waals surface area (Å²) < 4.78 is 2.43. The van der Waals surface area contributed by atoms with E-state index in [4.69, 9.17) is 0 Å². The van der Waals surface area contributed by atoms with E-state index in [1.807, 2.05) is 0 Å². The summed E-state index contributed by atoms with van der Waals surface area (Å²) in [6, 6.07) is 87.9. The molecule has 0 atom stereocenters. The summed E-state index contributed by atoms with van der Waals surface area (Å²) in [5, 5.41) is 5.01. The van der Waals surface area contributed by atoms with E-state index in [9.17, 15) is 0 Å². The van der Waals surface area contributed by atoms with E-state index in [-0.39, 0.29) is 0 Å². The fraction of sp³-hybridized carbons (Fsp3) is 0. The second-order valence-corrected chi connectivity index (χ2v) is 15.3. The molecular formula is C58H40N2. The summed E-state index contributed by atoms with van der Waals surface area (Å²) in [5.74, 6) is 0. The highest BCUT2D eigenvalue weighted by Crippen LogP contribution is 2.45. The van der Waals surface area contributed by atoms with Crippen molar-refractivity contribution in [1.29, 1.82) is 0 Å². The highest BCUT2D eigenvalue weighted by atomic mass is 15.1. The first-order chi connectivity index (χ1) is 29.8. The number of benzene rings is 10. The summed E-state index contributed by atoms with van der Waals surface area (Å²) in [6.45, 7) is 0. The summed E-state index contributed by atoms with van der Waals surface area (Å²) in [6.07, 6.45) is 0. The van der Waals surface area contributed by atoms with Crippen LogP contribution in [0.4, 0.5) is 17.1 Å². The smallest absolute Gasteiger partial charge is 0.0541 e. The first-order valence-corrected chi connectivity index (χ1v) is 20.6. The molecule has 282 valence electrons. The van der Waals surface area contributed by atoms with Crippen molar-refractivity contribution in [2.45, 2.75) is 0 Å². The average molecular weight is 765 g/mol. The number of rotatable bonds is 8. The van der Waals surface area contributed by atoms with Crippen molar-refractivity contribution in [1.82, 2.24) is 4.57 Å². The molecule has 0 spiro atoms. The monoisotopic (exact) mass is 764 g/mol. The Balaban J connectivity index is 1.07. The van der Waals surface area contributed by atoms with E-state index in [0.29, 0.717) is 0 Å². The molecule has 0 saturated heterocycles. The summed E-state index contributed by atoms with van der Waals surface area (Å²) in [4.78, 5) is 2.40. The number of hydrogen-bond donors (Lipinski definition) is 0. The summed E-state index contributed by atoms with van der Waals surface area (Å²) in [5.41, 5.74) is 16.2. The maximum Gasteiger partial charge on any atom is 0.0541 e. The lowest BCUT2D eigenvalue weighted by molar-refractivity contribution is 1.18. The van der Waals surface area contributed by atoms with E-state index in [0.717, 1.165) is 39.4 Å². The number of hydrogen-bond acceptors (Lipinski definition) is 1. The lowest BCUT2D eigenvalue weighted by atomic mass is 9.92. The van der Waals surface area contributed by atoms with Crippen molar-refractivity contribution >= 4 is 49.6 Å². The second-order valence-electron chi connectivity index (χ2n) is 15.3. The van der Waals surface area contributed by atoms with Crippen LogP contribution in [-0.4, -0.2) is 4.57 Å². The SMILES string of the molecule is c1ccc(-c2cc(N(c3ccccc3)c3ccccc3-c3ccc(-c4ccc5ccccc5c4)cc3)ccc2-c2ccccc2-n2c3ccccc3c3ccccc32)cc1. The average Bonchev–Trinajstić information content (AvgIpc) is 3.66. The Hall–Kier alpha value is -7.94. The molecule has 11 aromatic rings. The molecule has 2 nitrogen and oxygen atoms in total. The molecule has 0 saturated carbocycles. The predicted octanol–water partition coefficient (Wildman–Crippen LogP) is 16.1. The molecule has 0 N–H and O–H groups in total. The highest BCUT2D eigenvalue weighted by molar-refractivity contribution is 6.10. The Morgan fingerprint density at radius 3 is 1.58 bits per heavy atom. The Labute approximate surface area is 350 Å². The van der Waals surface area contributed by atoms with Gasteiger partial charge in [0.1, 0.15) is 0 Å². The minimum Gasteiger partial charge on any atom is -0.310 e. The van der Waals surface area contributed by atoms with Gasteiger partial charge in [0.15, 0.2) is 0 Å². The zero-order chi connectivity index (χ0) is 39.8. The van der Waals surface area contributed by atoms with Gasteiger partial charge in [-0.2, -0.15) is 0 Å². The number of anilines is 3. The van der Waals surface area contributed by atoms with Crippen LogP contribution < -0.4 is 4.90 Å². The fourth-order valence-corrected chi connectivity index (χ4v) is 8.97. The van der Waals surface area contributed by atoms with Gasteiger partial charge in [0.2, 0.25) is 0 Å². The van der Waals surface area contributed by atoms with Gasteiger partial charge in [0.05, 0.1) is 22.4 Å². The molecule has 0 bridgehead atoms. The predicted molar refractivity (Wildman–Crippen MR) is 255 cm³/mol. The normalized spacial score (nSPS) is 11.3. The van der Waals surface area contributed by atoms with Crippen LogP contribution in [0.5, 0.6) is 0 Å². The zero-order valence-corrected chi connectivity index (χ0v) is 33.0. The quantitative estimate of drug-likeness (QED) is 0.150. The Kier molecular flexibility index (Phi) is 8.87. The third kappa shape index (κ3) is 6.23. The second kappa shape index (κ2) is 15.1. The standard InChI is InChI=1S/C58H40N2/c1-3-18-43(19-4-1)54-40-48(37-38-50(54)51-24-10-14-28-56(51)60-57-29-15-11-25-52(57)53-26-12-16-30-58(53)60)59(47-21-5-2-6-22-47)55-27-13-9-23-49(55)44-34-31-42(32-35-44)46-36-33-41-17-7-8-20-45(41)39-46/h1-40H. The van der Waals surface area contributed by atoms with E-state index in [2.05, 4.69) is 252 Å². The van der Waals surface area contributed by atoms with Crippen LogP contribution in [0.2, 0.25) is 0 Å². The summed E-state index contributed by atoms with van der Waals surface area (Å²) in [7, 11) is 0.